The second-order valence-electron chi connectivity index (χ2n) is 4.94. The zero-order valence-corrected chi connectivity index (χ0v) is 13.6. The van der Waals surface area contributed by atoms with Crippen LogP contribution in [0.15, 0.2) is 29.2 Å². The molecule has 1 heterocycles. The predicted octanol–water partition coefficient (Wildman–Crippen LogP) is 2.30. The molecule has 4 nitrogen and oxygen atoms in total. The summed E-state index contributed by atoms with van der Waals surface area (Å²) in [6, 6.07) is 7.16. The molecule has 0 amide bonds. The maximum atomic E-state index is 12.0. The summed E-state index contributed by atoms with van der Waals surface area (Å²) in [5.74, 6) is 0. The van der Waals surface area contributed by atoms with E-state index < -0.39 is 10.0 Å². The van der Waals surface area contributed by atoms with E-state index >= 15 is 0 Å². The Hall–Kier alpha value is -0.590. The number of halogens is 1. The molecular weight excluding hydrogens is 328 g/mol. The van der Waals surface area contributed by atoms with Crippen molar-refractivity contribution < 1.29 is 8.42 Å². The van der Waals surface area contributed by atoms with Gasteiger partial charge in [0.05, 0.1) is 4.90 Å². The van der Waals surface area contributed by atoms with E-state index in [0.29, 0.717) is 9.72 Å². The Morgan fingerprint density at radius 2 is 1.68 bits per heavy atom. The molecule has 1 aromatic rings. The van der Waals surface area contributed by atoms with Gasteiger partial charge in [-0.25, -0.2) is 12.7 Å². The van der Waals surface area contributed by atoms with E-state index in [0.717, 1.165) is 31.6 Å². The van der Waals surface area contributed by atoms with Crippen molar-refractivity contribution in [2.24, 2.45) is 0 Å². The van der Waals surface area contributed by atoms with E-state index in [1.807, 2.05) is 12.1 Å². The zero-order valence-electron chi connectivity index (χ0n) is 11.2. The molecule has 0 aromatic heterocycles. The average Bonchev–Trinajstić information content (AvgIpc) is 2.39. The predicted molar refractivity (Wildman–Crippen MR) is 81.5 cm³/mol. The van der Waals surface area contributed by atoms with Gasteiger partial charge in [0.25, 0.3) is 0 Å². The summed E-state index contributed by atoms with van der Waals surface area (Å²) in [7, 11) is -0.235. The van der Waals surface area contributed by atoms with Crippen molar-refractivity contribution in [3.05, 3.63) is 24.3 Å². The standard InChI is InChI=1S/C13H19BrN2O2S/c1-15(2)19(17,18)13-5-3-12(4-6-13)16-9-7-11(14)8-10-16/h3-6,11H,7-10H2,1-2H3. The number of anilines is 1. The SMILES string of the molecule is CN(C)S(=O)(=O)c1ccc(N2CCC(Br)CC2)cc1. The van der Waals surface area contributed by atoms with E-state index in [1.54, 1.807) is 26.2 Å². The number of rotatable bonds is 3. The van der Waals surface area contributed by atoms with E-state index in [-0.39, 0.29) is 0 Å². The first-order chi connectivity index (χ1) is 8.91. The molecule has 0 radical (unpaired) electrons. The van der Waals surface area contributed by atoms with Crippen LogP contribution in [0.2, 0.25) is 0 Å². The molecule has 0 aliphatic carbocycles. The summed E-state index contributed by atoms with van der Waals surface area (Å²) in [6.07, 6.45) is 2.25. The lowest BCUT2D eigenvalue weighted by molar-refractivity contribution is 0.520. The quantitative estimate of drug-likeness (QED) is 0.788. The number of piperidine rings is 1. The Kier molecular flexibility index (Phi) is 4.53. The van der Waals surface area contributed by atoms with Crippen LogP contribution in [0.1, 0.15) is 12.8 Å². The van der Waals surface area contributed by atoms with Crippen molar-refractivity contribution >= 4 is 31.6 Å². The second kappa shape index (κ2) is 5.81. The highest BCUT2D eigenvalue weighted by molar-refractivity contribution is 9.09. The fraction of sp³-hybridized carbons (Fsp3) is 0.538. The van der Waals surface area contributed by atoms with E-state index in [4.69, 9.17) is 0 Å². The third kappa shape index (κ3) is 3.30. The van der Waals surface area contributed by atoms with Crippen LogP contribution in [0.3, 0.4) is 0 Å². The first-order valence-corrected chi connectivity index (χ1v) is 8.68. The number of alkyl halides is 1. The van der Waals surface area contributed by atoms with Gasteiger partial charge in [0.2, 0.25) is 10.0 Å². The van der Waals surface area contributed by atoms with E-state index in [9.17, 15) is 8.42 Å². The van der Waals surface area contributed by atoms with Crippen molar-refractivity contribution in [2.75, 3.05) is 32.1 Å². The van der Waals surface area contributed by atoms with Gasteiger partial charge in [-0.05, 0) is 37.1 Å². The molecule has 1 saturated heterocycles. The number of benzene rings is 1. The van der Waals surface area contributed by atoms with Crippen LogP contribution in [0.5, 0.6) is 0 Å². The summed E-state index contributed by atoms with van der Waals surface area (Å²) in [4.78, 5) is 3.25. The largest absolute Gasteiger partial charge is 0.371 e. The smallest absolute Gasteiger partial charge is 0.242 e. The van der Waals surface area contributed by atoms with Crippen LogP contribution < -0.4 is 4.90 Å². The monoisotopic (exact) mass is 346 g/mol. The minimum absolute atomic E-state index is 0.344. The van der Waals surface area contributed by atoms with Gasteiger partial charge in [-0.3, -0.25) is 0 Å². The van der Waals surface area contributed by atoms with Crippen LogP contribution >= 0.6 is 15.9 Å². The van der Waals surface area contributed by atoms with Gasteiger partial charge in [0, 0.05) is 37.7 Å². The van der Waals surface area contributed by atoms with Crippen molar-refractivity contribution in [2.45, 2.75) is 22.6 Å². The minimum Gasteiger partial charge on any atom is -0.371 e. The Morgan fingerprint density at radius 1 is 1.16 bits per heavy atom. The lowest BCUT2D eigenvalue weighted by atomic mass is 10.1. The normalized spacial score (nSPS) is 18.0. The molecule has 19 heavy (non-hydrogen) atoms. The van der Waals surface area contributed by atoms with Gasteiger partial charge in [0.1, 0.15) is 0 Å². The molecule has 1 aliphatic heterocycles. The van der Waals surface area contributed by atoms with Crippen molar-refractivity contribution in [3.8, 4) is 0 Å². The molecule has 0 saturated carbocycles. The highest BCUT2D eigenvalue weighted by Gasteiger charge is 2.19. The molecular formula is C13H19BrN2O2S. The van der Waals surface area contributed by atoms with Crippen molar-refractivity contribution in [1.82, 2.24) is 4.31 Å². The summed E-state index contributed by atoms with van der Waals surface area (Å²) in [6.45, 7) is 2.02. The molecule has 0 bridgehead atoms. The molecule has 1 aromatic carbocycles. The molecule has 0 spiro atoms. The summed E-state index contributed by atoms with van der Waals surface area (Å²) in [5, 5.41) is 0. The maximum absolute atomic E-state index is 12.0. The zero-order chi connectivity index (χ0) is 14.0. The Balaban J connectivity index is 2.15. The second-order valence-corrected chi connectivity index (χ2v) is 8.39. The molecule has 2 rings (SSSR count). The molecule has 1 aliphatic rings. The van der Waals surface area contributed by atoms with Gasteiger partial charge in [-0.1, -0.05) is 15.9 Å². The first-order valence-electron chi connectivity index (χ1n) is 6.33. The Labute approximate surface area is 123 Å². The summed E-state index contributed by atoms with van der Waals surface area (Å²) in [5.41, 5.74) is 1.09. The highest BCUT2D eigenvalue weighted by atomic mass is 79.9. The molecule has 1 fully saturated rings. The van der Waals surface area contributed by atoms with Crippen LogP contribution in [0.4, 0.5) is 5.69 Å². The van der Waals surface area contributed by atoms with E-state index in [2.05, 4.69) is 20.8 Å². The third-order valence-corrected chi connectivity index (χ3v) is 6.15. The van der Waals surface area contributed by atoms with Gasteiger partial charge < -0.3 is 4.90 Å². The summed E-state index contributed by atoms with van der Waals surface area (Å²) < 4.78 is 25.2. The third-order valence-electron chi connectivity index (χ3n) is 3.40. The number of nitrogens with zero attached hydrogens (tertiary/aromatic N) is 2. The molecule has 0 unspecified atom stereocenters. The molecule has 6 heteroatoms. The number of hydrogen-bond donors (Lipinski definition) is 0. The minimum atomic E-state index is -3.33. The van der Waals surface area contributed by atoms with Crippen LogP contribution in [0, 0.1) is 0 Å². The van der Waals surface area contributed by atoms with Crippen LogP contribution in [0.25, 0.3) is 0 Å². The van der Waals surface area contributed by atoms with Crippen molar-refractivity contribution in [3.63, 3.8) is 0 Å². The van der Waals surface area contributed by atoms with Gasteiger partial charge in [0.15, 0.2) is 0 Å². The first kappa shape index (κ1) is 14.8. The molecule has 0 N–H and O–H groups in total. The Bertz CT molecular complexity index is 520. The lowest BCUT2D eigenvalue weighted by Crippen LogP contribution is -2.33. The number of hydrogen-bond acceptors (Lipinski definition) is 3. The van der Waals surface area contributed by atoms with Crippen molar-refractivity contribution in [1.29, 1.82) is 0 Å². The highest BCUT2D eigenvalue weighted by Crippen LogP contribution is 2.25. The van der Waals surface area contributed by atoms with Gasteiger partial charge >= 0.3 is 0 Å². The Morgan fingerprint density at radius 3 is 2.16 bits per heavy atom. The fourth-order valence-electron chi connectivity index (χ4n) is 2.15. The average molecular weight is 347 g/mol. The molecule has 106 valence electrons. The topological polar surface area (TPSA) is 40.6 Å². The van der Waals surface area contributed by atoms with Gasteiger partial charge in [-0.15, -0.1) is 0 Å². The van der Waals surface area contributed by atoms with E-state index in [1.165, 1.54) is 4.31 Å². The fourth-order valence-corrected chi connectivity index (χ4v) is 3.46. The summed E-state index contributed by atoms with van der Waals surface area (Å²) >= 11 is 3.63. The van der Waals surface area contributed by atoms with Crippen LogP contribution in [-0.2, 0) is 10.0 Å². The lowest BCUT2D eigenvalue weighted by Gasteiger charge is -2.31. The number of sulfonamides is 1. The van der Waals surface area contributed by atoms with Crippen LogP contribution in [-0.4, -0.2) is 44.7 Å². The van der Waals surface area contributed by atoms with Gasteiger partial charge in [-0.2, -0.15) is 0 Å². The maximum Gasteiger partial charge on any atom is 0.242 e. The molecule has 0 atom stereocenters.